The summed E-state index contributed by atoms with van der Waals surface area (Å²) in [5.41, 5.74) is 1.31. The molecule has 1 heterocycles. The van der Waals surface area contributed by atoms with E-state index in [1.807, 2.05) is 6.07 Å². The first-order valence-electron chi connectivity index (χ1n) is 7.29. The standard InChI is InChI=1S/C18H14ClNO3S2/c1-22-12-7-8-15(23-2)11(9-12)10-16-17(21)20(18(24)25-16)14-6-4-3-5-13(14)19/h3-10H,1-2H3/b16-10-. The second-order valence-corrected chi connectivity index (χ2v) is 7.16. The molecule has 25 heavy (non-hydrogen) atoms. The Hall–Kier alpha value is -2.02. The van der Waals surface area contributed by atoms with Gasteiger partial charge < -0.3 is 9.47 Å². The lowest BCUT2D eigenvalue weighted by atomic mass is 10.1. The molecule has 2 aromatic carbocycles. The topological polar surface area (TPSA) is 38.8 Å². The number of nitrogens with zero attached hydrogens (tertiary/aromatic N) is 1. The number of halogens is 1. The summed E-state index contributed by atoms with van der Waals surface area (Å²) < 4.78 is 11.0. The summed E-state index contributed by atoms with van der Waals surface area (Å²) in [6, 6.07) is 12.5. The number of hydrogen-bond donors (Lipinski definition) is 0. The van der Waals surface area contributed by atoms with Crippen LogP contribution < -0.4 is 14.4 Å². The van der Waals surface area contributed by atoms with Gasteiger partial charge in [-0.05, 0) is 36.4 Å². The van der Waals surface area contributed by atoms with E-state index >= 15 is 0 Å². The molecule has 1 fully saturated rings. The maximum Gasteiger partial charge on any atom is 0.270 e. The average molecular weight is 392 g/mol. The number of ether oxygens (including phenoxy) is 2. The van der Waals surface area contributed by atoms with Crippen LogP contribution in [0.3, 0.4) is 0 Å². The summed E-state index contributed by atoms with van der Waals surface area (Å²) in [6.07, 6.45) is 1.75. The highest BCUT2D eigenvalue weighted by Crippen LogP contribution is 2.39. The lowest BCUT2D eigenvalue weighted by Crippen LogP contribution is -2.27. The Morgan fingerprint density at radius 1 is 1.16 bits per heavy atom. The lowest BCUT2D eigenvalue weighted by Gasteiger charge is -2.15. The van der Waals surface area contributed by atoms with Gasteiger partial charge in [-0.25, -0.2) is 0 Å². The van der Waals surface area contributed by atoms with Gasteiger partial charge in [0, 0.05) is 5.56 Å². The van der Waals surface area contributed by atoms with Crippen LogP contribution in [0.15, 0.2) is 47.4 Å². The zero-order valence-electron chi connectivity index (χ0n) is 13.5. The van der Waals surface area contributed by atoms with Gasteiger partial charge in [0.05, 0.1) is 29.8 Å². The third-order valence-electron chi connectivity index (χ3n) is 3.61. The molecule has 1 amide bonds. The molecule has 0 bridgehead atoms. The first kappa shape index (κ1) is 17.8. The second kappa shape index (κ2) is 7.47. The van der Waals surface area contributed by atoms with Crippen LogP contribution in [-0.2, 0) is 4.79 Å². The van der Waals surface area contributed by atoms with Gasteiger partial charge in [-0.3, -0.25) is 9.69 Å². The Morgan fingerprint density at radius 3 is 2.60 bits per heavy atom. The van der Waals surface area contributed by atoms with Crippen molar-refractivity contribution in [2.75, 3.05) is 19.1 Å². The van der Waals surface area contributed by atoms with Crippen molar-refractivity contribution in [2.24, 2.45) is 0 Å². The van der Waals surface area contributed by atoms with Crippen molar-refractivity contribution < 1.29 is 14.3 Å². The van der Waals surface area contributed by atoms with Crippen LogP contribution in [0.4, 0.5) is 5.69 Å². The number of anilines is 1. The predicted octanol–water partition coefficient (Wildman–Crippen LogP) is 4.76. The number of carbonyl (C=O) groups excluding carboxylic acids is 1. The van der Waals surface area contributed by atoms with Crippen molar-refractivity contribution in [3.8, 4) is 11.5 Å². The molecule has 4 nitrogen and oxygen atoms in total. The van der Waals surface area contributed by atoms with Crippen molar-refractivity contribution >= 4 is 57.6 Å². The monoisotopic (exact) mass is 391 g/mol. The van der Waals surface area contributed by atoms with Gasteiger partial charge >= 0.3 is 0 Å². The Bertz CT molecular complexity index is 882. The summed E-state index contributed by atoms with van der Waals surface area (Å²) in [5, 5.41) is 0.471. The Kier molecular flexibility index (Phi) is 5.32. The molecule has 3 rings (SSSR count). The molecule has 0 atom stereocenters. The molecule has 0 radical (unpaired) electrons. The van der Waals surface area contributed by atoms with Crippen LogP contribution in [0.1, 0.15) is 5.56 Å². The van der Waals surface area contributed by atoms with Crippen molar-refractivity contribution in [1.82, 2.24) is 0 Å². The maximum atomic E-state index is 12.8. The van der Waals surface area contributed by atoms with E-state index in [2.05, 4.69) is 0 Å². The fraction of sp³-hybridized carbons (Fsp3) is 0.111. The number of rotatable bonds is 4. The van der Waals surface area contributed by atoms with Crippen molar-refractivity contribution in [2.45, 2.75) is 0 Å². The van der Waals surface area contributed by atoms with Crippen molar-refractivity contribution in [3.63, 3.8) is 0 Å². The van der Waals surface area contributed by atoms with Crippen LogP contribution in [0, 0.1) is 0 Å². The van der Waals surface area contributed by atoms with E-state index in [0.717, 1.165) is 5.56 Å². The highest BCUT2D eigenvalue weighted by molar-refractivity contribution is 8.27. The average Bonchev–Trinajstić information content (AvgIpc) is 2.89. The van der Waals surface area contributed by atoms with E-state index in [-0.39, 0.29) is 5.91 Å². The number of hydrogen-bond acceptors (Lipinski definition) is 5. The molecule has 0 N–H and O–H groups in total. The lowest BCUT2D eigenvalue weighted by molar-refractivity contribution is -0.113. The van der Waals surface area contributed by atoms with Gasteiger partial charge in [-0.1, -0.05) is 47.7 Å². The molecule has 2 aromatic rings. The fourth-order valence-electron chi connectivity index (χ4n) is 2.40. The highest BCUT2D eigenvalue weighted by Gasteiger charge is 2.34. The number of thioether (sulfide) groups is 1. The number of benzene rings is 2. The van der Waals surface area contributed by atoms with Gasteiger partial charge in [0.2, 0.25) is 0 Å². The van der Waals surface area contributed by atoms with Gasteiger partial charge in [0.15, 0.2) is 4.32 Å². The third kappa shape index (κ3) is 3.51. The number of para-hydroxylation sites is 1. The zero-order chi connectivity index (χ0) is 18.0. The first-order valence-corrected chi connectivity index (χ1v) is 8.90. The summed E-state index contributed by atoms with van der Waals surface area (Å²) in [6.45, 7) is 0. The van der Waals surface area contributed by atoms with Crippen molar-refractivity contribution in [1.29, 1.82) is 0 Å². The molecule has 0 saturated carbocycles. The van der Waals surface area contributed by atoms with E-state index in [9.17, 15) is 4.79 Å². The molecule has 1 aliphatic heterocycles. The van der Waals surface area contributed by atoms with E-state index in [1.165, 1.54) is 16.7 Å². The van der Waals surface area contributed by atoms with Crippen LogP contribution in [0.2, 0.25) is 5.02 Å². The summed E-state index contributed by atoms with van der Waals surface area (Å²) >= 11 is 12.8. The largest absolute Gasteiger partial charge is 0.497 e. The summed E-state index contributed by atoms with van der Waals surface area (Å²) in [5.74, 6) is 1.10. The van der Waals surface area contributed by atoms with E-state index in [4.69, 9.17) is 33.3 Å². The molecule has 7 heteroatoms. The van der Waals surface area contributed by atoms with E-state index in [1.54, 1.807) is 56.7 Å². The SMILES string of the molecule is COc1ccc(OC)c(/C=C2\SC(=S)N(c3ccccc3Cl)C2=O)c1. The molecular formula is C18H14ClNO3S2. The molecule has 128 valence electrons. The van der Waals surface area contributed by atoms with Crippen LogP contribution >= 0.6 is 35.6 Å². The maximum absolute atomic E-state index is 12.8. The predicted molar refractivity (Wildman–Crippen MR) is 107 cm³/mol. The summed E-state index contributed by atoms with van der Waals surface area (Å²) in [4.78, 5) is 14.8. The van der Waals surface area contributed by atoms with E-state index < -0.39 is 0 Å². The van der Waals surface area contributed by atoms with Crippen LogP contribution in [-0.4, -0.2) is 24.4 Å². The minimum Gasteiger partial charge on any atom is -0.497 e. The zero-order valence-corrected chi connectivity index (χ0v) is 15.9. The molecular weight excluding hydrogens is 378 g/mol. The molecule has 1 aliphatic rings. The van der Waals surface area contributed by atoms with Gasteiger partial charge in [0.1, 0.15) is 11.5 Å². The molecule has 0 aliphatic carbocycles. The van der Waals surface area contributed by atoms with Gasteiger partial charge in [-0.15, -0.1) is 0 Å². The molecule has 0 aromatic heterocycles. The van der Waals surface area contributed by atoms with E-state index in [0.29, 0.717) is 31.4 Å². The number of thiocarbonyl (C=S) groups is 1. The normalized spacial score (nSPS) is 15.8. The molecule has 0 spiro atoms. The quantitative estimate of drug-likeness (QED) is 0.554. The Labute approximate surface area is 160 Å². The summed E-state index contributed by atoms with van der Waals surface area (Å²) in [7, 11) is 3.16. The number of carbonyl (C=O) groups is 1. The number of amides is 1. The first-order chi connectivity index (χ1) is 12.0. The minimum atomic E-state index is -0.215. The highest BCUT2D eigenvalue weighted by atomic mass is 35.5. The third-order valence-corrected chi connectivity index (χ3v) is 5.23. The van der Waals surface area contributed by atoms with Gasteiger partial charge in [0.25, 0.3) is 5.91 Å². The smallest absolute Gasteiger partial charge is 0.270 e. The van der Waals surface area contributed by atoms with Crippen LogP contribution in [0.25, 0.3) is 6.08 Å². The van der Waals surface area contributed by atoms with Gasteiger partial charge in [-0.2, -0.15) is 0 Å². The molecule has 0 unspecified atom stereocenters. The minimum absolute atomic E-state index is 0.215. The Balaban J connectivity index is 2.00. The molecule has 1 saturated heterocycles. The second-order valence-electron chi connectivity index (χ2n) is 5.08. The Morgan fingerprint density at radius 2 is 1.92 bits per heavy atom. The van der Waals surface area contributed by atoms with Crippen LogP contribution in [0.5, 0.6) is 11.5 Å². The van der Waals surface area contributed by atoms with Crippen molar-refractivity contribution in [3.05, 3.63) is 58.0 Å². The fourth-order valence-corrected chi connectivity index (χ4v) is 3.90. The number of methoxy groups -OCH3 is 2.